The first-order chi connectivity index (χ1) is 13.6. The fourth-order valence-electron chi connectivity index (χ4n) is 2.42. The number of carbonyl (C=O) groups is 2. The molecule has 0 aliphatic carbocycles. The number of hydrogen-bond donors (Lipinski definition) is 1. The molecule has 0 fully saturated rings. The first-order valence-corrected chi connectivity index (χ1v) is 8.87. The van der Waals surface area contributed by atoms with Gasteiger partial charge in [0.25, 0.3) is 5.91 Å². The summed E-state index contributed by atoms with van der Waals surface area (Å²) in [5, 5.41) is 2.66. The van der Waals surface area contributed by atoms with Crippen LogP contribution in [0, 0.1) is 13.8 Å². The molecule has 0 unspecified atom stereocenters. The predicted molar refractivity (Wildman–Crippen MR) is 97.5 cm³/mol. The first-order valence-electron chi connectivity index (χ1n) is 8.87. The standard InChI is InChI=1S/C19H21F3N4O3/c1-4-14(27)7-16-25-12(3)6-15(26-16)17(28)23-8-13-5-11(2)18(24-9-13)29-10-19(20,21)22/h5-6,9H,4,7-8,10H2,1-3H3,(H,23,28). The number of amides is 1. The second-order valence-electron chi connectivity index (χ2n) is 6.43. The number of Topliss-reactive ketones (excluding diaryl/α,β-unsaturated/α-hetero) is 1. The molecular weight excluding hydrogens is 389 g/mol. The molecule has 1 N–H and O–H groups in total. The van der Waals surface area contributed by atoms with Crippen LogP contribution in [0.2, 0.25) is 0 Å². The number of ketones is 1. The van der Waals surface area contributed by atoms with E-state index in [9.17, 15) is 22.8 Å². The number of aryl methyl sites for hydroxylation is 2. The van der Waals surface area contributed by atoms with Gasteiger partial charge in [0.15, 0.2) is 6.61 Å². The van der Waals surface area contributed by atoms with Gasteiger partial charge in [-0.25, -0.2) is 15.0 Å². The molecule has 0 bridgehead atoms. The number of pyridine rings is 1. The van der Waals surface area contributed by atoms with Gasteiger partial charge in [0.2, 0.25) is 5.88 Å². The predicted octanol–water partition coefficient (Wildman–Crippen LogP) is 2.88. The van der Waals surface area contributed by atoms with Crippen LogP contribution in [0.1, 0.15) is 46.5 Å². The monoisotopic (exact) mass is 410 g/mol. The average Bonchev–Trinajstić information content (AvgIpc) is 2.64. The van der Waals surface area contributed by atoms with E-state index in [0.717, 1.165) is 0 Å². The van der Waals surface area contributed by atoms with Gasteiger partial charge in [0.05, 0.1) is 6.42 Å². The van der Waals surface area contributed by atoms with Crippen LogP contribution < -0.4 is 10.1 Å². The van der Waals surface area contributed by atoms with Gasteiger partial charge in [-0.3, -0.25) is 9.59 Å². The molecule has 7 nitrogen and oxygen atoms in total. The van der Waals surface area contributed by atoms with E-state index in [2.05, 4.69) is 25.0 Å². The summed E-state index contributed by atoms with van der Waals surface area (Å²) in [5.74, 6) is -0.327. The number of nitrogens with zero attached hydrogens (tertiary/aromatic N) is 3. The van der Waals surface area contributed by atoms with Gasteiger partial charge in [-0.05, 0) is 31.5 Å². The van der Waals surface area contributed by atoms with Crippen LogP contribution in [-0.2, 0) is 17.8 Å². The van der Waals surface area contributed by atoms with Crippen LogP contribution in [0.4, 0.5) is 13.2 Å². The van der Waals surface area contributed by atoms with Crippen LogP contribution in [0.25, 0.3) is 0 Å². The summed E-state index contributed by atoms with van der Waals surface area (Å²) in [6, 6.07) is 3.09. The van der Waals surface area contributed by atoms with Crippen LogP contribution in [0.3, 0.4) is 0 Å². The molecule has 0 aromatic carbocycles. The lowest BCUT2D eigenvalue weighted by Gasteiger charge is -2.12. The number of alkyl halides is 3. The highest BCUT2D eigenvalue weighted by Gasteiger charge is 2.29. The van der Waals surface area contributed by atoms with E-state index in [0.29, 0.717) is 23.2 Å². The number of halogens is 3. The Labute approximate surface area is 165 Å². The summed E-state index contributed by atoms with van der Waals surface area (Å²) in [6.07, 6.45) is -2.71. The molecule has 0 spiro atoms. The van der Waals surface area contributed by atoms with E-state index in [1.807, 2.05) is 0 Å². The summed E-state index contributed by atoms with van der Waals surface area (Å²) in [6.45, 7) is 3.67. The van der Waals surface area contributed by atoms with Crippen molar-refractivity contribution < 1.29 is 27.5 Å². The van der Waals surface area contributed by atoms with Crippen molar-refractivity contribution in [1.82, 2.24) is 20.3 Å². The van der Waals surface area contributed by atoms with E-state index in [4.69, 9.17) is 0 Å². The molecule has 2 aromatic rings. The molecule has 2 rings (SSSR count). The van der Waals surface area contributed by atoms with Gasteiger partial charge in [0.1, 0.15) is 17.3 Å². The molecule has 2 aromatic heterocycles. The van der Waals surface area contributed by atoms with E-state index in [1.54, 1.807) is 26.8 Å². The van der Waals surface area contributed by atoms with Gasteiger partial charge in [-0.15, -0.1) is 0 Å². The second kappa shape index (κ2) is 9.44. The number of carbonyl (C=O) groups excluding carboxylic acids is 2. The molecule has 0 saturated carbocycles. The molecule has 10 heteroatoms. The molecule has 0 aliphatic rings. The van der Waals surface area contributed by atoms with Crippen LogP contribution in [-0.4, -0.2) is 39.4 Å². The molecule has 1 amide bonds. The largest absolute Gasteiger partial charge is 0.468 e. The zero-order chi connectivity index (χ0) is 21.6. The second-order valence-corrected chi connectivity index (χ2v) is 6.43. The van der Waals surface area contributed by atoms with E-state index < -0.39 is 18.7 Å². The molecule has 0 saturated heterocycles. The zero-order valence-corrected chi connectivity index (χ0v) is 16.3. The van der Waals surface area contributed by atoms with Crippen LogP contribution in [0.5, 0.6) is 5.88 Å². The zero-order valence-electron chi connectivity index (χ0n) is 16.3. The maximum Gasteiger partial charge on any atom is 0.422 e. The minimum Gasteiger partial charge on any atom is -0.468 e. The van der Waals surface area contributed by atoms with Gasteiger partial charge in [-0.1, -0.05) is 6.92 Å². The lowest BCUT2D eigenvalue weighted by atomic mass is 10.2. The maximum absolute atomic E-state index is 12.4. The van der Waals surface area contributed by atoms with E-state index >= 15 is 0 Å². The molecule has 156 valence electrons. The van der Waals surface area contributed by atoms with Crippen molar-refractivity contribution in [3.8, 4) is 5.88 Å². The summed E-state index contributed by atoms with van der Waals surface area (Å²) >= 11 is 0. The Hall–Kier alpha value is -3.04. The van der Waals surface area contributed by atoms with Gasteiger partial charge in [0, 0.05) is 30.4 Å². The maximum atomic E-state index is 12.4. The topological polar surface area (TPSA) is 94.1 Å². The Morgan fingerprint density at radius 3 is 2.52 bits per heavy atom. The summed E-state index contributed by atoms with van der Waals surface area (Å²) in [5.41, 5.74) is 1.69. The number of ether oxygens (including phenoxy) is 1. The van der Waals surface area contributed by atoms with Crippen molar-refractivity contribution in [3.05, 3.63) is 46.7 Å². The third-order valence-corrected chi connectivity index (χ3v) is 3.80. The normalized spacial score (nSPS) is 11.2. The van der Waals surface area contributed by atoms with Crippen molar-refractivity contribution in [2.24, 2.45) is 0 Å². The molecule has 0 aliphatic heterocycles. The molecule has 0 atom stereocenters. The molecule has 0 radical (unpaired) electrons. The highest BCUT2D eigenvalue weighted by Crippen LogP contribution is 2.20. The molecule has 29 heavy (non-hydrogen) atoms. The van der Waals surface area contributed by atoms with Crippen molar-refractivity contribution in [2.45, 2.75) is 46.3 Å². The summed E-state index contributed by atoms with van der Waals surface area (Å²) < 4.78 is 41.4. The number of hydrogen-bond acceptors (Lipinski definition) is 6. The highest BCUT2D eigenvalue weighted by molar-refractivity contribution is 5.92. The van der Waals surface area contributed by atoms with E-state index in [1.165, 1.54) is 12.3 Å². The third-order valence-electron chi connectivity index (χ3n) is 3.80. The van der Waals surface area contributed by atoms with Crippen molar-refractivity contribution >= 4 is 11.7 Å². The van der Waals surface area contributed by atoms with Crippen LogP contribution in [0.15, 0.2) is 18.3 Å². The quantitative estimate of drug-likeness (QED) is 0.719. The number of rotatable bonds is 8. The SMILES string of the molecule is CCC(=O)Cc1nc(C)cc(C(=O)NCc2cnc(OCC(F)(F)F)c(C)c2)n1. The Morgan fingerprint density at radius 2 is 1.90 bits per heavy atom. The summed E-state index contributed by atoms with van der Waals surface area (Å²) in [4.78, 5) is 36.1. The Balaban J connectivity index is 2.02. The molecular formula is C19H21F3N4O3. The van der Waals surface area contributed by atoms with Crippen molar-refractivity contribution in [1.29, 1.82) is 0 Å². The molecule has 2 heterocycles. The number of aromatic nitrogens is 3. The third kappa shape index (κ3) is 7.13. The van der Waals surface area contributed by atoms with Crippen molar-refractivity contribution in [2.75, 3.05) is 6.61 Å². The summed E-state index contributed by atoms with van der Waals surface area (Å²) in [7, 11) is 0. The Morgan fingerprint density at radius 1 is 1.17 bits per heavy atom. The first kappa shape index (κ1) is 22.3. The Bertz CT molecular complexity index is 901. The number of nitrogens with one attached hydrogen (secondary N) is 1. The van der Waals surface area contributed by atoms with Gasteiger partial charge in [-0.2, -0.15) is 13.2 Å². The fourth-order valence-corrected chi connectivity index (χ4v) is 2.42. The highest BCUT2D eigenvalue weighted by atomic mass is 19.4. The van der Waals surface area contributed by atoms with Crippen molar-refractivity contribution in [3.63, 3.8) is 0 Å². The van der Waals surface area contributed by atoms with Crippen LogP contribution >= 0.6 is 0 Å². The lowest BCUT2D eigenvalue weighted by Crippen LogP contribution is -2.25. The minimum atomic E-state index is -4.45. The fraction of sp³-hybridized carbons (Fsp3) is 0.421. The van der Waals surface area contributed by atoms with E-state index in [-0.39, 0.29) is 36.1 Å². The smallest absolute Gasteiger partial charge is 0.422 e. The average molecular weight is 410 g/mol. The lowest BCUT2D eigenvalue weighted by molar-refractivity contribution is -0.154. The minimum absolute atomic E-state index is 0.0312. The van der Waals surface area contributed by atoms with Gasteiger partial charge >= 0.3 is 6.18 Å². The van der Waals surface area contributed by atoms with Gasteiger partial charge < -0.3 is 10.1 Å². The Kier molecular flexibility index (Phi) is 7.24.